The lowest BCUT2D eigenvalue weighted by molar-refractivity contribution is 0.251. The first-order valence-electron chi connectivity index (χ1n) is 8.70. The van der Waals surface area contributed by atoms with E-state index >= 15 is 0 Å². The van der Waals surface area contributed by atoms with Gasteiger partial charge in [0.05, 0.1) is 0 Å². The van der Waals surface area contributed by atoms with Crippen molar-refractivity contribution < 1.29 is 0 Å². The molecule has 1 aromatic carbocycles. The minimum atomic E-state index is 0.673. The van der Waals surface area contributed by atoms with Gasteiger partial charge in [-0.15, -0.1) is 0 Å². The summed E-state index contributed by atoms with van der Waals surface area (Å²) in [6.45, 7) is 3.61. The zero-order valence-corrected chi connectivity index (χ0v) is 13.9. The maximum Gasteiger partial charge on any atom is 0.0440 e. The molecular weight excluding hydrogens is 278 g/mol. The van der Waals surface area contributed by atoms with Crippen LogP contribution in [0.1, 0.15) is 63.4 Å². The second-order valence-electron chi connectivity index (χ2n) is 7.26. The highest BCUT2D eigenvalue weighted by molar-refractivity contribution is 6.31. The van der Waals surface area contributed by atoms with E-state index in [-0.39, 0.29) is 0 Å². The second-order valence-corrected chi connectivity index (χ2v) is 7.66. The van der Waals surface area contributed by atoms with E-state index in [9.17, 15) is 0 Å². The third-order valence-electron chi connectivity index (χ3n) is 5.60. The average molecular weight is 306 g/mol. The van der Waals surface area contributed by atoms with Crippen molar-refractivity contribution in [3.8, 4) is 0 Å². The monoisotopic (exact) mass is 305 g/mol. The maximum atomic E-state index is 6.28. The van der Waals surface area contributed by atoms with Gasteiger partial charge in [-0.1, -0.05) is 62.4 Å². The highest BCUT2D eigenvalue weighted by Crippen LogP contribution is 2.40. The van der Waals surface area contributed by atoms with Gasteiger partial charge in [-0.05, 0) is 55.2 Å². The molecule has 0 aromatic heterocycles. The Hall–Kier alpha value is -0.530. The molecule has 0 saturated heterocycles. The fourth-order valence-corrected chi connectivity index (χ4v) is 4.24. The largest absolute Gasteiger partial charge is 0.314 e. The Kier molecular flexibility index (Phi) is 5.24. The summed E-state index contributed by atoms with van der Waals surface area (Å²) >= 11 is 6.28. The molecule has 2 aliphatic rings. The fraction of sp³-hybridized carbons (Fsp3) is 0.684. The van der Waals surface area contributed by atoms with Crippen molar-refractivity contribution in [2.45, 2.75) is 63.8 Å². The first kappa shape index (κ1) is 15.4. The molecule has 1 aromatic rings. The number of hydrogen-bond donors (Lipinski definition) is 1. The Balaban J connectivity index is 1.33. The fourth-order valence-electron chi connectivity index (χ4n) is 3.95. The topological polar surface area (TPSA) is 12.0 Å². The summed E-state index contributed by atoms with van der Waals surface area (Å²) in [7, 11) is 0. The van der Waals surface area contributed by atoms with Crippen LogP contribution in [0.5, 0.6) is 0 Å². The van der Waals surface area contributed by atoms with Gasteiger partial charge in [-0.2, -0.15) is 0 Å². The van der Waals surface area contributed by atoms with E-state index in [1.807, 2.05) is 12.1 Å². The van der Waals surface area contributed by atoms with Gasteiger partial charge in [0.1, 0.15) is 0 Å². The van der Waals surface area contributed by atoms with Gasteiger partial charge in [-0.3, -0.25) is 0 Å². The summed E-state index contributed by atoms with van der Waals surface area (Å²) in [5.74, 6) is 2.62. The predicted octanol–water partition coefficient (Wildman–Crippen LogP) is 5.39. The van der Waals surface area contributed by atoms with Crippen molar-refractivity contribution in [3.05, 3.63) is 34.9 Å². The van der Waals surface area contributed by atoms with Gasteiger partial charge in [0.25, 0.3) is 0 Å². The Labute approximate surface area is 134 Å². The summed E-state index contributed by atoms with van der Waals surface area (Å²) in [6.07, 6.45) is 9.69. The van der Waals surface area contributed by atoms with Crippen molar-refractivity contribution >= 4 is 11.6 Å². The van der Waals surface area contributed by atoms with Crippen LogP contribution in [0.15, 0.2) is 24.3 Å². The third kappa shape index (κ3) is 4.02. The van der Waals surface area contributed by atoms with Crippen molar-refractivity contribution in [1.29, 1.82) is 0 Å². The first-order chi connectivity index (χ1) is 10.2. The maximum absolute atomic E-state index is 6.28. The third-order valence-corrected chi connectivity index (χ3v) is 5.95. The minimum absolute atomic E-state index is 0.673. The van der Waals surface area contributed by atoms with E-state index in [1.165, 1.54) is 57.1 Å². The molecule has 2 aliphatic carbocycles. The van der Waals surface area contributed by atoms with Crippen molar-refractivity contribution in [2.75, 3.05) is 6.54 Å². The summed E-state index contributed by atoms with van der Waals surface area (Å²) in [4.78, 5) is 0. The molecule has 0 bridgehead atoms. The summed E-state index contributed by atoms with van der Waals surface area (Å²) in [6, 6.07) is 9.04. The zero-order chi connectivity index (χ0) is 14.7. The van der Waals surface area contributed by atoms with Gasteiger partial charge < -0.3 is 5.32 Å². The van der Waals surface area contributed by atoms with Crippen molar-refractivity contribution in [3.63, 3.8) is 0 Å². The molecule has 0 amide bonds. The number of benzene rings is 1. The Morgan fingerprint density at radius 1 is 1.10 bits per heavy atom. The zero-order valence-electron chi connectivity index (χ0n) is 13.2. The van der Waals surface area contributed by atoms with Gasteiger partial charge in [-0.25, -0.2) is 0 Å². The van der Waals surface area contributed by atoms with Crippen LogP contribution in [0.3, 0.4) is 0 Å². The lowest BCUT2D eigenvalue weighted by Crippen LogP contribution is -2.41. The number of hydrogen-bond acceptors (Lipinski definition) is 1. The normalized spacial score (nSPS) is 32.7. The van der Waals surface area contributed by atoms with Crippen LogP contribution in [0.2, 0.25) is 5.02 Å². The molecule has 1 nitrogen and oxygen atoms in total. The molecule has 3 rings (SSSR count). The minimum Gasteiger partial charge on any atom is -0.314 e. The quantitative estimate of drug-likeness (QED) is 0.769. The van der Waals surface area contributed by atoms with Gasteiger partial charge in [0.2, 0.25) is 0 Å². The van der Waals surface area contributed by atoms with Gasteiger partial charge in [0.15, 0.2) is 0 Å². The highest BCUT2D eigenvalue weighted by atomic mass is 35.5. The molecule has 0 radical (unpaired) electrons. The van der Waals surface area contributed by atoms with Crippen LogP contribution >= 0.6 is 11.6 Å². The van der Waals surface area contributed by atoms with Crippen LogP contribution in [-0.2, 0) is 0 Å². The molecule has 2 heteroatoms. The van der Waals surface area contributed by atoms with E-state index in [1.54, 1.807) is 0 Å². The Bertz CT molecular complexity index is 445. The van der Waals surface area contributed by atoms with Crippen molar-refractivity contribution in [2.24, 2.45) is 11.8 Å². The lowest BCUT2D eigenvalue weighted by Gasteiger charge is -2.37. The molecule has 2 fully saturated rings. The molecule has 116 valence electrons. The lowest BCUT2D eigenvalue weighted by atomic mass is 9.75. The van der Waals surface area contributed by atoms with Crippen LogP contribution < -0.4 is 5.32 Å². The summed E-state index contributed by atoms with van der Waals surface area (Å²) in [5, 5.41) is 4.70. The summed E-state index contributed by atoms with van der Waals surface area (Å²) < 4.78 is 0. The van der Waals surface area contributed by atoms with Crippen LogP contribution in [0.25, 0.3) is 0 Å². The number of nitrogens with one attached hydrogen (secondary N) is 1. The highest BCUT2D eigenvalue weighted by Gasteiger charge is 2.31. The molecule has 0 atom stereocenters. The van der Waals surface area contributed by atoms with Crippen LogP contribution in [0.4, 0.5) is 0 Å². The van der Waals surface area contributed by atoms with E-state index < -0.39 is 0 Å². The van der Waals surface area contributed by atoms with Crippen LogP contribution in [-0.4, -0.2) is 12.6 Å². The van der Waals surface area contributed by atoms with Gasteiger partial charge in [0, 0.05) is 11.1 Å². The molecule has 0 heterocycles. The molecule has 2 saturated carbocycles. The number of rotatable bonds is 5. The molecule has 21 heavy (non-hydrogen) atoms. The molecular formula is C19H28ClN. The van der Waals surface area contributed by atoms with E-state index in [0.717, 1.165) is 16.9 Å². The molecule has 0 spiro atoms. The Morgan fingerprint density at radius 3 is 2.52 bits per heavy atom. The van der Waals surface area contributed by atoms with E-state index in [4.69, 9.17) is 11.6 Å². The van der Waals surface area contributed by atoms with Gasteiger partial charge >= 0.3 is 0 Å². The second kappa shape index (κ2) is 7.15. The van der Waals surface area contributed by atoms with E-state index in [2.05, 4.69) is 24.4 Å². The summed E-state index contributed by atoms with van der Waals surface area (Å²) in [5.41, 5.74) is 1.35. The first-order valence-corrected chi connectivity index (χ1v) is 9.08. The number of halogens is 1. The predicted molar refractivity (Wildman–Crippen MR) is 91.0 cm³/mol. The molecule has 0 unspecified atom stereocenters. The molecule has 1 N–H and O–H groups in total. The van der Waals surface area contributed by atoms with Crippen LogP contribution in [0, 0.1) is 11.8 Å². The SMILES string of the molecule is CC1CCC(CCNC2CC(c3ccccc3Cl)C2)CC1. The average Bonchev–Trinajstić information content (AvgIpc) is 2.45. The van der Waals surface area contributed by atoms with Crippen molar-refractivity contribution in [1.82, 2.24) is 5.32 Å². The standard InChI is InChI=1S/C19H28ClN/c1-14-6-8-15(9-7-14)10-11-21-17-12-16(13-17)18-4-2-3-5-19(18)20/h2-5,14-17,21H,6-13H2,1H3. The smallest absolute Gasteiger partial charge is 0.0440 e. The molecule has 0 aliphatic heterocycles. The Morgan fingerprint density at radius 2 is 1.81 bits per heavy atom. The van der Waals surface area contributed by atoms with E-state index in [0.29, 0.717) is 12.0 Å².